The molecule has 0 aromatic carbocycles. The molecule has 1 saturated heterocycles. The number of rotatable bonds is 3. The highest BCUT2D eigenvalue weighted by Crippen LogP contribution is 2.36. The summed E-state index contributed by atoms with van der Waals surface area (Å²) in [6, 6.07) is -0.557. The lowest BCUT2D eigenvalue weighted by molar-refractivity contribution is -0.144. The Morgan fingerprint density at radius 1 is 1.35 bits per heavy atom. The van der Waals surface area contributed by atoms with Gasteiger partial charge in [0.1, 0.15) is 0 Å². The number of carbonyl (C=O) groups is 3. The molecule has 1 heterocycles. The van der Waals surface area contributed by atoms with Gasteiger partial charge in [-0.25, -0.2) is 0 Å². The van der Waals surface area contributed by atoms with Crippen LogP contribution in [-0.4, -0.2) is 33.8 Å². The third-order valence-electron chi connectivity index (χ3n) is 3.45. The molecule has 0 saturated carbocycles. The number of carbonyl (C=O) groups excluding carboxylic acids is 2. The predicted molar refractivity (Wildman–Crippen MR) is 58.9 cm³/mol. The van der Waals surface area contributed by atoms with Crippen LogP contribution >= 0.6 is 0 Å². The molecular weight excluding hydrogens is 222 g/mol. The molecule has 1 aliphatic heterocycles. The molecule has 5 heteroatoms. The first-order valence-electron chi connectivity index (χ1n) is 5.76. The van der Waals surface area contributed by atoms with Crippen LogP contribution in [0.4, 0.5) is 0 Å². The summed E-state index contributed by atoms with van der Waals surface area (Å²) in [6.45, 7) is 1.61. The Morgan fingerprint density at radius 2 is 1.82 bits per heavy atom. The number of carboxylic acid groups (broad SMARTS) is 1. The van der Waals surface area contributed by atoms with Gasteiger partial charge >= 0.3 is 5.97 Å². The second-order valence-corrected chi connectivity index (χ2v) is 4.65. The third kappa shape index (κ3) is 1.97. The summed E-state index contributed by atoms with van der Waals surface area (Å²) in [5.74, 6) is -1.96. The number of hydrogen-bond acceptors (Lipinski definition) is 3. The summed E-state index contributed by atoms with van der Waals surface area (Å²) in [4.78, 5) is 35.9. The monoisotopic (exact) mass is 237 g/mol. The van der Waals surface area contributed by atoms with Gasteiger partial charge in [-0.15, -0.1) is 0 Å². The molecule has 2 rings (SSSR count). The van der Waals surface area contributed by atoms with E-state index < -0.39 is 12.0 Å². The van der Waals surface area contributed by atoms with Crippen molar-refractivity contribution < 1.29 is 19.5 Å². The number of aliphatic carboxylic acids is 1. The number of amides is 2. The minimum absolute atomic E-state index is 0.190. The lowest BCUT2D eigenvalue weighted by atomic mass is 9.85. The number of carboxylic acids is 1. The quantitative estimate of drug-likeness (QED) is 0.582. The van der Waals surface area contributed by atoms with Crippen LogP contribution in [0.15, 0.2) is 12.2 Å². The van der Waals surface area contributed by atoms with Gasteiger partial charge in [-0.1, -0.05) is 12.2 Å². The van der Waals surface area contributed by atoms with Gasteiger partial charge in [0.25, 0.3) is 0 Å². The second-order valence-electron chi connectivity index (χ2n) is 4.65. The lowest BCUT2D eigenvalue weighted by Crippen LogP contribution is -2.40. The number of fused-ring (bicyclic) bond motifs is 1. The number of hydrogen-bond donors (Lipinski definition) is 1. The molecular formula is C12H15NO4. The van der Waals surface area contributed by atoms with Gasteiger partial charge in [0.15, 0.2) is 0 Å². The van der Waals surface area contributed by atoms with E-state index in [-0.39, 0.29) is 30.1 Å². The van der Waals surface area contributed by atoms with Crippen LogP contribution in [-0.2, 0) is 14.4 Å². The number of allylic oxidation sites excluding steroid dienone is 2. The Labute approximate surface area is 99.1 Å². The van der Waals surface area contributed by atoms with Crippen LogP contribution in [0.25, 0.3) is 0 Å². The van der Waals surface area contributed by atoms with E-state index in [1.807, 2.05) is 12.2 Å². The minimum Gasteiger partial charge on any atom is -0.481 e. The van der Waals surface area contributed by atoms with Crippen molar-refractivity contribution in [3.05, 3.63) is 12.2 Å². The smallest absolute Gasteiger partial charge is 0.305 e. The first kappa shape index (κ1) is 11.8. The van der Waals surface area contributed by atoms with Gasteiger partial charge in [-0.3, -0.25) is 19.3 Å². The molecule has 92 valence electrons. The third-order valence-corrected chi connectivity index (χ3v) is 3.45. The average molecular weight is 237 g/mol. The molecule has 1 fully saturated rings. The Morgan fingerprint density at radius 3 is 2.24 bits per heavy atom. The molecule has 2 amide bonds. The van der Waals surface area contributed by atoms with Gasteiger partial charge in [0, 0.05) is 6.04 Å². The van der Waals surface area contributed by atoms with E-state index in [9.17, 15) is 14.4 Å². The van der Waals surface area contributed by atoms with Gasteiger partial charge in [-0.2, -0.15) is 0 Å². The Kier molecular flexibility index (Phi) is 3.00. The van der Waals surface area contributed by atoms with Crippen molar-refractivity contribution in [1.29, 1.82) is 0 Å². The molecule has 0 radical (unpaired) electrons. The van der Waals surface area contributed by atoms with Crippen LogP contribution in [0.3, 0.4) is 0 Å². The van der Waals surface area contributed by atoms with Gasteiger partial charge in [0.05, 0.1) is 18.3 Å². The predicted octanol–water partition coefficient (Wildman–Crippen LogP) is 0.801. The molecule has 0 bridgehead atoms. The number of nitrogens with zero attached hydrogens (tertiary/aromatic N) is 1. The van der Waals surface area contributed by atoms with Crippen molar-refractivity contribution in [1.82, 2.24) is 4.90 Å². The molecule has 0 spiro atoms. The van der Waals surface area contributed by atoms with E-state index in [0.717, 1.165) is 4.90 Å². The standard InChI is InChI=1S/C12H15NO4/c1-7(6-10(14)15)13-11(16)8-4-2-3-5-9(8)12(13)17/h2-3,7-9H,4-6H2,1H3,(H,14,15)/t7?,8-,9+. The van der Waals surface area contributed by atoms with Crippen molar-refractivity contribution in [2.45, 2.75) is 32.2 Å². The molecule has 17 heavy (non-hydrogen) atoms. The highest BCUT2D eigenvalue weighted by Gasteiger charge is 2.48. The lowest BCUT2D eigenvalue weighted by Gasteiger charge is -2.21. The Bertz CT molecular complexity index is 375. The SMILES string of the molecule is CC(CC(=O)O)N1C(=O)[C@H]2CC=CC[C@H]2C1=O. The van der Waals surface area contributed by atoms with Crippen LogP contribution in [0.1, 0.15) is 26.2 Å². The van der Waals surface area contributed by atoms with E-state index >= 15 is 0 Å². The van der Waals surface area contributed by atoms with E-state index in [4.69, 9.17) is 5.11 Å². The summed E-state index contributed by atoms with van der Waals surface area (Å²) >= 11 is 0. The second kappa shape index (κ2) is 4.31. The molecule has 1 unspecified atom stereocenters. The van der Waals surface area contributed by atoms with E-state index in [2.05, 4.69) is 0 Å². The largest absolute Gasteiger partial charge is 0.481 e. The number of likely N-dealkylation sites (tertiary alicyclic amines) is 1. The summed E-state index contributed by atoms with van der Waals surface area (Å²) < 4.78 is 0. The normalized spacial score (nSPS) is 29.4. The van der Waals surface area contributed by atoms with Crippen LogP contribution in [0, 0.1) is 11.8 Å². The van der Waals surface area contributed by atoms with Gasteiger partial charge < -0.3 is 5.11 Å². The fraction of sp³-hybridized carbons (Fsp3) is 0.583. The highest BCUT2D eigenvalue weighted by atomic mass is 16.4. The first-order valence-corrected chi connectivity index (χ1v) is 5.76. The van der Waals surface area contributed by atoms with Gasteiger partial charge in [-0.05, 0) is 19.8 Å². The number of imide groups is 1. The summed E-state index contributed by atoms with van der Waals surface area (Å²) in [5, 5.41) is 8.71. The van der Waals surface area contributed by atoms with Crippen molar-refractivity contribution in [2.24, 2.45) is 11.8 Å². The zero-order chi connectivity index (χ0) is 12.6. The Balaban J connectivity index is 2.17. The fourth-order valence-electron chi connectivity index (χ4n) is 2.60. The van der Waals surface area contributed by atoms with E-state index in [1.165, 1.54) is 0 Å². The Hall–Kier alpha value is -1.65. The van der Waals surface area contributed by atoms with Crippen LogP contribution in [0.2, 0.25) is 0 Å². The molecule has 1 aliphatic carbocycles. The molecule has 2 aliphatic rings. The fourth-order valence-corrected chi connectivity index (χ4v) is 2.60. The maximum absolute atomic E-state index is 12.1. The maximum Gasteiger partial charge on any atom is 0.305 e. The minimum atomic E-state index is -0.994. The van der Waals surface area contributed by atoms with Crippen molar-refractivity contribution in [3.8, 4) is 0 Å². The summed E-state index contributed by atoms with van der Waals surface area (Å²) in [7, 11) is 0. The summed E-state index contributed by atoms with van der Waals surface area (Å²) in [6.07, 6.45) is 4.82. The zero-order valence-corrected chi connectivity index (χ0v) is 9.63. The summed E-state index contributed by atoms with van der Waals surface area (Å²) in [5.41, 5.74) is 0. The van der Waals surface area contributed by atoms with Crippen molar-refractivity contribution in [3.63, 3.8) is 0 Å². The molecule has 1 N–H and O–H groups in total. The van der Waals surface area contributed by atoms with E-state index in [1.54, 1.807) is 6.92 Å². The van der Waals surface area contributed by atoms with Gasteiger partial charge in [0.2, 0.25) is 11.8 Å². The van der Waals surface area contributed by atoms with Crippen LogP contribution < -0.4 is 0 Å². The molecule has 5 nitrogen and oxygen atoms in total. The molecule has 3 atom stereocenters. The topological polar surface area (TPSA) is 74.7 Å². The van der Waals surface area contributed by atoms with E-state index in [0.29, 0.717) is 12.8 Å². The average Bonchev–Trinajstić information content (AvgIpc) is 2.51. The molecule has 0 aromatic rings. The van der Waals surface area contributed by atoms with Crippen molar-refractivity contribution >= 4 is 17.8 Å². The first-order chi connectivity index (χ1) is 8.02. The highest BCUT2D eigenvalue weighted by molar-refractivity contribution is 6.05. The maximum atomic E-state index is 12.1. The zero-order valence-electron chi connectivity index (χ0n) is 9.63. The molecule has 0 aromatic heterocycles. The van der Waals surface area contributed by atoms with Crippen LogP contribution in [0.5, 0.6) is 0 Å². The van der Waals surface area contributed by atoms with Crippen molar-refractivity contribution in [2.75, 3.05) is 0 Å².